The van der Waals surface area contributed by atoms with E-state index in [1.54, 1.807) is 0 Å². The summed E-state index contributed by atoms with van der Waals surface area (Å²) in [5, 5.41) is -0.381. The van der Waals surface area contributed by atoms with Gasteiger partial charge in [0.05, 0.1) is 10.8 Å². The first-order chi connectivity index (χ1) is 7.34. The molecule has 2 atom stereocenters. The van der Waals surface area contributed by atoms with Crippen molar-refractivity contribution < 1.29 is 14.3 Å². The third-order valence-electron chi connectivity index (χ3n) is 2.17. The summed E-state index contributed by atoms with van der Waals surface area (Å²) in [6.45, 7) is 8.15. The largest absolute Gasteiger partial charge is 0.508 e. The van der Waals surface area contributed by atoms with Crippen LogP contribution in [-0.2, 0) is 9.47 Å². The molecule has 0 saturated carbocycles. The Morgan fingerprint density at radius 1 is 0.938 bits per heavy atom. The fraction of sp³-hybridized carbons (Fsp3) is 0.909. The second kappa shape index (κ2) is 8.02. The third-order valence-corrected chi connectivity index (χ3v) is 3.43. The summed E-state index contributed by atoms with van der Waals surface area (Å²) < 4.78 is 9.69. The zero-order valence-corrected chi connectivity index (χ0v) is 11.7. The summed E-state index contributed by atoms with van der Waals surface area (Å²) in [6.07, 6.45) is -0.711. The number of carbonyl (C=O) groups is 1. The molecule has 2 unspecified atom stereocenters. The van der Waals surface area contributed by atoms with Crippen molar-refractivity contribution in [1.82, 2.24) is 0 Å². The van der Waals surface area contributed by atoms with Crippen molar-refractivity contribution in [3.63, 3.8) is 0 Å². The molecule has 3 nitrogen and oxygen atoms in total. The van der Waals surface area contributed by atoms with Gasteiger partial charge in [-0.3, -0.25) is 0 Å². The summed E-state index contributed by atoms with van der Waals surface area (Å²) in [5.74, 6) is 0.511. The molecule has 0 N–H and O–H groups in total. The van der Waals surface area contributed by atoms with Crippen molar-refractivity contribution in [3.8, 4) is 0 Å². The molecule has 0 aromatic heterocycles. The van der Waals surface area contributed by atoms with E-state index in [1.807, 2.05) is 27.7 Å². The van der Waals surface area contributed by atoms with Crippen LogP contribution in [0, 0.1) is 11.8 Å². The topological polar surface area (TPSA) is 35.5 Å². The molecule has 5 heteroatoms. The highest BCUT2D eigenvalue weighted by Crippen LogP contribution is 2.11. The predicted molar refractivity (Wildman–Crippen MR) is 66.3 cm³/mol. The molecule has 16 heavy (non-hydrogen) atoms. The SMILES string of the molecule is CC(C)C(Cl)COC(=O)OCC(Cl)C(C)C. The zero-order valence-electron chi connectivity index (χ0n) is 10.2. The lowest BCUT2D eigenvalue weighted by Crippen LogP contribution is -2.23. The van der Waals surface area contributed by atoms with Gasteiger partial charge in [0.25, 0.3) is 0 Å². The molecule has 0 saturated heterocycles. The second-order valence-electron chi connectivity index (χ2n) is 4.39. The Labute approximate surface area is 107 Å². The molecule has 0 aromatic carbocycles. The van der Waals surface area contributed by atoms with Gasteiger partial charge in [-0.15, -0.1) is 23.2 Å². The monoisotopic (exact) mass is 270 g/mol. The van der Waals surface area contributed by atoms with Crippen molar-refractivity contribution in [1.29, 1.82) is 0 Å². The quantitative estimate of drug-likeness (QED) is 0.546. The fourth-order valence-corrected chi connectivity index (χ4v) is 0.848. The molecule has 0 aliphatic carbocycles. The van der Waals surface area contributed by atoms with E-state index < -0.39 is 6.16 Å². The highest BCUT2D eigenvalue weighted by atomic mass is 35.5. The zero-order chi connectivity index (χ0) is 12.7. The van der Waals surface area contributed by atoms with E-state index in [2.05, 4.69) is 0 Å². The molecular weight excluding hydrogens is 251 g/mol. The fourth-order valence-electron chi connectivity index (χ4n) is 0.722. The van der Waals surface area contributed by atoms with Gasteiger partial charge in [0.1, 0.15) is 13.2 Å². The first-order valence-corrected chi connectivity index (χ1v) is 6.29. The number of alkyl halides is 2. The number of hydrogen-bond donors (Lipinski definition) is 0. The maximum Gasteiger partial charge on any atom is 0.508 e. The minimum Gasteiger partial charge on any atom is -0.433 e. The summed E-state index contributed by atoms with van der Waals surface area (Å²) in [6, 6.07) is 0. The molecule has 0 fully saturated rings. The minimum absolute atomic E-state index is 0.159. The van der Waals surface area contributed by atoms with Crippen LogP contribution in [0.15, 0.2) is 0 Å². The van der Waals surface area contributed by atoms with Gasteiger partial charge in [-0.25, -0.2) is 4.79 Å². The molecule has 0 amide bonds. The smallest absolute Gasteiger partial charge is 0.433 e. The van der Waals surface area contributed by atoms with Crippen molar-refractivity contribution in [3.05, 3.63) is 0 Å². The molecule has 0 aliphatic rings. The van der Waals surface area contributed by atoms with E-state index >= 15 is 0 Å². The van der Waals surface area contributed by atoms with Gasteiger partial charge >= 0.3 is 6.16 Å². The van der Waals surface area contributed by atoms with Gasteiger partial charge in [-0.1, -0.05) is 27.7 Å². The molecule has 0 spiro atoms. The van der Waals surface area contributed by atoms with E-state index in [0.717, 1.165) is 0 Å². The van der Waals surface area contributed by atoms with Gasteiger partial charge in [0, 0.05) is 0 Å². The Morgan fingerprint density at radius 2 is 1.25 bits per heavy atom. The van der Waals surface area contributed by atoms with E-state index in [0.29, 0.717) is 0 Å². The lowest BCUT2D eigenvalue weighted by atomic mass is 10.1. The second-order valence-corrected chi connectivity index (χ2v) is 5.51. The van der Waals surface area contributed by atoms with Crippen molar-refractivity contribution in [2.45, 2.75) is 38.4 Å². The average Bonchev–Trinajstić information content (AvgIpc) is 2.21. The standard InChI is InChI=1S/C11H20Cl2O3/c1-7(2)9(12)5-15-11(14)16-6-10(13)8(3)4/h7-10H,5-6H2,1-4H3. The summed E-state index contributed by atoms with van der Waals surface area (Å²) in [5.41, 5.74) is 0. The number of hydrogen-bond acceptors (Lipinski definition) is 3. The number of carbonyl (C=O) groups excluding carboxylic acids is 1. The molecule has 0 radical (unpaired) electrons. The van der Waals surface area contributed by atoms with Gasteiger partial charge < -0.3 is 9.47 Å². The number of ether oxygens (including phenoxy) is 2. The Balaban J connectivity index is 3.67. The van der Waals surface area contributed by atoms with Gasteiger partial charge in [0.15, 0.2) is 0 Å². The summed E-state index contributed by atoms with van der Waals surface area (Å²) in [4.78, 5) is 11.1. The first-order valence-electron chi connectivity index (χ1n) is 5.42. The van der Waals surface area contributed by atoms with Gasteiger partial charge in [-0.2, -0.15) is 0 Å². The Kier molecular flexibility index (Phi) is 7.94. The van der Waals surface area contributed by atoms with E-state index in [1.165, 1.54) is 0 Å². The molecule has 96 valence electrons. The van der Waals surface area contributed by atoms with Crippen LogP contribution in [0.25, 0.3) is 0 Å². The maximum absolute atomic E-state index is 11.1. The molecule has 0 aliphatic heterocycles. The van der Waals surface area contributed by atoms with Crippen molar-refractivity contribution >= 4 is 29.4 Å². The van der Waals surface area contributed by atoms with Crippen LogP contribution < -0.4 is 0 Å². The maximum atomic E-state index is 11.1. The van der Waals surface area contributed by atoms with Crippen molar-refractivity contribution in [2.75, 3.05) is 13.2 Å². The normalized spacial score (nSPS) is 15.0. The Hall–Kier alpha value is -0.150. The van der Waals surface area contributed by atoms with Gasteiger partial charge in [-0.05, 0) is 11.8 Å². The van der Waals surface area contributed by atoms with Crippen LogP contribution in [0.1, 0.15) is 27.7 Å². The molecule has 0 heterocycles. The van der Waals surface area contributed by atoms with E-state index in [4.69, 9.17) is 32.7 Å². The lowest BCUT2D eigenvalue weighted by Gasteiger charge is -2.15. The van der Waals surface area contributed by atoms with Crippen LogP contribution in [-0.4, -0.2) is 30.1 Å². The van der Waals surface area contributed by atoms with Crippen LogP contribution in [0.3, 0.4) is 0 Å². The predicted octanol–water partition coefficient (Wildman–Crippen LogP) is 3.67. The molecule has 0 aromatic rings. The lowest BCUT2D eigenvalue weighted by molar-refractivity contribution is 0.0511. The molecular formula is C11H20Cl2O3. The van der Waals surface area contributed by atoms with Crippen molar-refractivity contribution in [2.24, 2.45) is 11.8 Å². The van der Waals surface area contributed by atoms with Crippen LogP contribution in [0.4, 0.5) is 4.79 Å². The highest BCUT2D eigenvalue weighted by molar-refractivity contribution is 6.21. The Bertz CT molecular complexity index is 187. The summed E-state index contributed by atoms with van der Waals surface area (Å²) in [7, 11) is 0. The number of halogens is 2. The van der Waals surface area contributed by atoms with E-state index in [9.17, 15) is 4.79 Å². The Morgan fingerprint density at radius 3 is 1.50 bits per heavy atom. The number of rotatable bonds is 6. The molecule has 0 bridgehead atoms. The third kappa shape index (κ3) is 7.18. The van der Waals surface area contributed by atoms with Crippen LogP contribution >= 0.6 is 23.2 Å². The average molecular weight is 271 g/mol. The minimum atomic E-state index is -0.711. The van der Waals surface area contributed by atoms with Gasteiger partial charge in [0.2, 0.25) is 0 Å². The van der Waals surface area contributed by atoms with E-state index in [-0.39, 0.29) is 35.8 Å². The first kappa shape index (κ1) is 15.9. The highest BCUT2D eigenvalue weighted by Gasteiger charge is 2.16. The summed E-state index contributed by atoms with van der Waals surface area (Å²) >= 11 is 11.8. The van der Waals surface area contributed by atoms with Crippen LogP contribution in [0.2, 0.25) is 0 Å². The van der Waals surface area contributed by atoms with Crippen LogP contribution in [0.5, 0.6) is 0 Å². The molecule has 0 rings (SSSR count).